The average Bonchev–Trinajstić information content (AvgIpc) is 2.62. The van der Waals surface area contributed by atoms with Crippen LogP contribution < -0.4 is 16.0 Å². The number of carbonyl (C=O) groups is 1. The Balaban J connectivity index is 0.00000576. The van der Waals surface area contributed by atoms with E-state index < -0.39 is 0 Å². The fourth-order valence-corrected chi connectivity index (χ4v) is 2.45. The number of halogens is 1. The van der Waals surface area contributed by atoms with Crippen LogP contribution in [0, 0.1) is 5.92 Å². The quantitative estimate of drug-likeness (QED) is 0.301. The monoisotopic (exact) mass is 460 g/mol. The van der Waals surface area contributed by atoms with Gasteiger partial charge in [0.1, 0.15) is 0 Å². The molecule has 0 aliphatic carbocycles. The molecule has 25 heavy (non-hydrogen) atoms. The summed E-state index contributed by atoms with van der Waals surface area (Å²) in [6.07, 6.45) is 3.16. The summed E-state index contributed by atoms with van der Waals surface area (Å²) < 4.78 is 0. The smallest absolute Gasteiger partial charge is 0.251 e. The summed E-state index contributed by atoms with van der Waals surface area (Å²) in [7, 11) is 1.65. The fraction of sp³-hybridized carbons (Fsp3) is 0.579. The van der Waals surface area contributed by atoms with E-state index >= 15 is 0 Å². The molecule has 0 spiro atoms. The van der Waals surface area contributed by atoms with Crippen molar-refractivity contribution in [3.8, 4) is 0 Å². The fourth-order valence-electron chi connectivity index (χ4n) is 2.45. The summed E-state index contributed by atoms with van der Waals surface area (Å²) in [4.78, 5) is 16.4. The van der Waals surface area contributed by atoms with Gasteiger partial charge in [0.05, 0.1) is 0 Å². The summed E-state index contributed by atoms with van der Waals surface area (Å²) in [5.74, 6) is 1.46. The number of nitrogens with one attached hydrogen (secondary N) is 3. The van der Waals surface area contributed by atoms with Gasteiger partial charge in [-0.2, -0.15) is 0 Å². The summed E-state index contributed by atoms with van der Waals surface area (Å²) in [6, 6.07) is 7.74. The van der Waals surface area contributed by atoms with Crippen molar-refractivity contribution in [3.63, 3.8) is 0 Å². The zero-order valence-corrected chi connectivity index (χ0v) is 18.2. The highest BCUT2D eigenvalue weighted by Crippen LogP contribution is 2.07. The van der Waals surface area contributed by atoms with Crippen molar-refractivity contribution < 1.29 is 4.79 Å². The van der Waals surface area contributed by atoms with Gasteiger partial charge in [-0.05, 0) is 37.0 Å². The number of rotatable bonds is 9. The average molecular weight is 460 g/mol. The predicted molar refractivity (Wildman–Crippen MR) is 117 cm³/mol. The molecule has 0 aliphatic heterocycles. The van der Waals surface area contributed by atoms with Gasteiger partial charge in [0.25, 0.3) is 5.91 Å². The minimum absolute atomic E-state index is 0. The van der Waals surface area contributed by atoms with E-state index in [9.17, 15) is 4.79 Å². The number of amides is 1. The number of aliphatic imine (C=N–C) groups is 1. The lowest BCUT2D eigenvalue weighted by Crippen LogP contribution is -2.38. The van der Waals surface area contributed by atoms with Gasteiger partial charge in [-0.3, -0.25) is 9.79 Å². The Kier molecular flexibility index (Phi) is 13.2. The van der Waals surface area contributed by atoms with Gasteiger partial charge in [-0.1, -0.05) is 38.8 Å². The molecule has 142 valence electrons. The number of hydrogen-bond acceptors (Lipinski definition) is 2. The Hall–Kier alpha value is -1.31. The van der Waals surface area contributed by atoms with E-state index in [0.29, 0.717) is 11.5 Å². The second-order valence-electron chi connectivity index (χ2n) is 5.86. The van der Waals surface area contributed by atoms with Gasteiger partial charge in [0, 0.05) is 32.2 Å². The molecule has 6 heteroatoms. The normalized spacial score (nSPS) is 11.0. The minimum Gasteiger partial charge on any atom is -0.357 e. The van der Waals surface area contributed by atoms with E-state index in [1.54, 1.807) is 7.05 Å². The Bertz CT molecular complexity index is 530. The molecule has 0 saturated heterocycles. The molecular formula is C19H33IN4O. The number of benzene rings is 1. The van der Waals surface area contributed by atoms with Crippen LogP contribution in [0.2, 0.25) is 0 Å². The molecule has 0 aliphatic rings. The second kappa shape index (κ2) is 13.9. The van der Waals surface area contributed by atoms with E-state index in [0.717, 1.165) is 50.4 Å². The maximum absolute atomic E-state index is 11.7. The zero-order valence-electron chi connectivity index (χ0n) is 15.9. The van der Waals surface area contributed by atoms with Crippen LogP contribution >= 0.6 is 24.0 Å². The first kappa shape index (κ1) is 23.7. The van der Waals surface area contributed by atoms with Gasteiger partial charge < -0.3 is 16.0 Å². The molecule has 0 unspecified atom stereocenters. The van der Waals surface area contributed by atoms with Crippen molar-refractivity contribution >= 4 is 35.8 Å². The number of nitrogens with zero attached hydrogens (tertiary/aromatic N) is 1. The molecule has 0 atom stereocenters. The van der Waals surface area contributed by atoms with Crippen LogP contribution in [0.5, 0.6) is 0 Å². The van der Waals surface area contributed by atoms with Gasteiger partial charge in [0.2, 0.25) is 0 Å². The van der Waals surface area contributed by atoms with Crippen LogP contribution in [-0.4, -0.2) is 38.5 Å². The highest BCUT2D eigenvalue weighted by molar-refractivity contribution is 14.0. The third kappa shape index (κ3) is 9.09. The lowest BCUT2D eigenvalue weighted by atomic mass is 10.0. The summed E-state index contributed by atoms with van der Waals surface area (Å²) in [5, 5.41) is 9.31. The Morgan fingerprint density at radius 1 is 1.16 bits per heavy atom. The first-order valence-electron chi connectivity index (χ1n) is 8.97. The van der Waals surface area contributed by atoms with Crippen LogP contribution in [-0.2, 0) is 6.42 Å². The highest BCUT2D eigenvalue weighted by atomic mass is 127. The summed E-state index contributed by atoms with van der Waals surface area (Å²) >= 11 is 0. The standard InChI is InChI=1S/C19H32N4O.HI/c1-5-15(6-2)14-23-19(21-7-3)22-12-11-16-9-8-10-17(13-16)18(24)20-4;/h8-10,13,15H,5-7,11-12,14H2,1-4H3,(H,20,24)(H2,21,22,23);1H. The first-order chi connectivity index (χ1) is 11.6. The van der Waals surface area contributed by atoms with Crippen LogP contribution in [0.25, 0.3) is 0 Å². The Morgan fingerprint density at radius 2 is 1.88 bits per heavy atom. The van der Waals surface area contributed by atoms with Crippen LogP contribution in [0.15, 0.2) is 29.3 Å². The lowest BCUT2D eigenvalue weighted by Gasteiger charge is -2.14. The molecule has 0 saturated carbocycles. The van der Waals surface area contributed by atoms with Crippen molar-refractivity contribution in [3.05, 3.63) is 35.4 Å². The van der Waals surface area contributed by atoms with Gasteiger partial charge in [0.15, 0.2) is 5.96 Å². The number of hydrogen-bond donors (Lipinski definition) is 3. The van der Waals surface area contributed by atoms with E-state index in [-0.39, 0.29) is 29.9 Å². The summed E-state index contributed by atoms with van der Waals surface area (Å²) in [5.41, 5.74) is 1.84. The Morgan fingerprint density at radius 3 is 2.48 bits per heavy atom. The molecule has 1 aromatic carbocycles. The SMILES string of the molecule is CCNC(=NCC(CC)CC)NCCc1cccc(C(=O)NC)c1.I. The molecule has 0 fully saturated rings. The maximum atomic E-state index is 11.7. The van der Waals surface area contributed by atoms with Crippen molar-refractivity contribution in [2.75, 3.05) is 26.7 Å². The molecule has 1 aromatic rings. The molecule has 5 nitrogen and oxygen atoms in total. The molecule has 3 N–H and O–H groups in total. The number of carbonyl (C=O) groups excluding carboxylic acids is 1. The molecule has 0 radical (unpaired) electrons. The minimum atomic E-state index is -0.0510. The molecule has 0 heterocycles. The van der Waals surface area contributed by atoms with E-state index in [1.165, 1.54) is 0 Å². The van der Waals surface area contributed by atoms with Gasteiger partial charge >= 0.3 is 0 Å². The molecule has 0 bridgehead atoms. The van der Waals surface area contributed by atoms with Crippen LogP contribution in [0.4, 0.5) is 0 Å². The molecule has 1 rings (SSSR count). The van der Waals surface area contributed by atoms with Crippen LogP contribution in [0.1, 0.15) is 49.5 Å². The summed E-state index contributed by atoms with van der Waals surface area (Å²) in [6.45, 7) is 8.98. The lowest BCUT2D eigenvalue weighted by molar-refractivity contribution is 0.0963. The van der Waals surface area contributed by atoms with E-state index in [2.05, 4.69) is 41.7 Å². The zero-order chi connectivity index (χ0) is 17.8. The van der Waals surface area contributed by atoms with E-state index in [4.69, 9.17) is 0 Å². The third-order valence-corrected chi connectivity index (χ3v) is 4.13. The Labute approximate surface area is 169 Å². The van der Waals surface area contributed by atoms with Crippen molar-refractivity contribution in [1.82, 2.24) is 16.0 Å². The first-order valence-corrected chi connectivity index (χ1v) is 8.97. The predicted octanol–water partition coefficient (Wildman–Crippen LogP) is 3.20. The molecule has 1 amide bonds. The second-order valence-corrected chi connectivity index (χ2v) is 5.86. The number of guanidine groups is 1. The van der Waals surface area contributed by atoms with Crippen molar-refractivity contribution in [2.45, 2.75) is 40.0 Å². The van der Waals surface area contributed by atoms with Crippen molar-refractivity contribution in [1.29, 1.82) is 0 Å². The van der Waals surface area contributed by atoms with Gasteiger partial charge in [-0.15, -0.1) is 24.0 Å². The topological polar surface area (TPSA) is 65.5 Å². The van der Waals surface area contributed by atoms with Crippen LogP contribution in [0.3, 0.4) is 0 Å². The van der Waals surface area contributed by atoms with Gasteiger partial charge in [-0.25, -0.2) is 0 Å². The van der Waals surface area contributed by atoms with Crippen molar-refractivity contribution in [2.24, 2.45) is 10.9 Å². The highest BCUT2D eigenvalue weighted by Gasteiger charge is 2.05. The molecular weight excluding hydrogens is 427 g/mol. The largest absolute Gasteiger partial charge is 0.357 e. The van der Waals surface area contributed by atoms with E-state index in [1.807, 2.05) is 24.3 Å². The molecule has 0 aromatic heterocycles. The third-order valence-electron chi connectivity index (χ3n) is 4.13. The maximum Gasteiger partial charge on any atom is 0.251 e.